The van der Waals surface area contributed by atoms with Gasteiger partial charge in [0.1, 0.15) is 12.1 Å². The van der Waals surface area contributed by atoms with Crippen LogP contribution < -0.4 is 10.2 Å². The molecule has 30 heavy (non-hydrogen) atoms. The van der Waals surface area contributed by atoms with Gasteiger partial charge in [0, 0.05) is 38.0 Å². The maximum absolute atomic E-state index is 6.24. The summed E-state index contributed by atoms with van der Waals surface area (Å²) >= 11 is 1.68. The molecule has 5 rings (SSSR count). The molecule has 1 saturated heterocycles. The number of thioether (sulfide) groups is 1. The Bertz CT molecular complexity index is 985. The van der Waals surface area contributed by atoms with Crippen molar-refractivity contribution in [2.45, 2.75) is 36.2 Å². The summed E-state index contributed by atoms with van der Waals surface area (Å²) in [5.74, 6) is 2.47. The molecule has 0 spiro atoms. The summed E-state index contributed by atoms with van der Waals surface area (Å²) < 4.78 is 8.26. The van der Waals surface area contributed by atoms with Crippen LogP contribution in [0, 0.1) is 0 Å². The number of hydrogen-bond donors (Lipinski definition) is 1. The van der Waals surface area contributed by atoms with Crippen molar-refractivity contribution in [1.29, 1.82) is 0 Å². The number of benzene rings is 2. The first-order valence-electron chi connectivity index (χ1n) is 10.5. The molecule has 0 bridgehead atoms. The highest BCUT2D eigenvalue weighted by atomic mass is 32.2. The molecule has 1 aliphatic heterocycles. The third-order valence-electron chi connectivity index (χ3n) is 5.53. The van der Waals surface area contributed by atoms with Gasteiger partial charge in [-0.3, -0.25) is 5.32 Å². The molecule has 0 unspecified atom stereocenters. The van der Waals surface area contributed by atoms with Gasteiger partial charge in [0.05, 0.1) is 11.8 Å². The lowest BCUT2D eigenvalue weighted by Gasteiger charge is -2.16. The smallest absolute Gasteiger partial charge is 0.209 e. The predicted molar refractivity (Wildman–Crippen MR) is 120 cm³/mol. The summed E-state index contributed by atoms with van der Waals surface area (Å²) in [7, 11) is 4.10. The molecule has 1 N–H and O–H groups in total. The summed E-state index contributed by atoms with van der Waals surface area (Å²) in [6.07, 6.45) is 2.50. The third-order valence-corrected chi connectivity index (χ3v) is 6.50. The molecule has 1 saturated carbocycles. The van der Waals surface area contributed by atoms with Crippen molar-refractivity contribution in [3.63, 3.8) is 0 Å². The molecule has 1 aromatic heterocycles. The summed E-state index contributed by atoms with van der Waals surface area (Å²) in [6, 6.07) is 18.8. The molecule has 2 aliphatic rings. The molecule has 0 amide bonds. The molecule has 2 heterocycles. The van der Waals surface area contributed by atoms with E-state index >= 15 is 0 Å². The standard InChI is InChI=1S/C23H27N5OS/c1-27(2)18-12-10-17(11-13-18)22-24-14-20(29-22)15-30-23-25-21(16-8-9-16)28(26-23)19-6-4-3-5-7-19/h3-7,10-13,16,20,22,24H,8-9,14-15H2,1-2H3/t20-,22+/m0/s1. The monoisotopic (exact) mass is 421 g/mol. The average Bonchev–Trinajstić information content (AvgIpc) is 3.35. The van der Waals surface area contributed by atoms with Crippen molar-refractivity contribution in [3.05, 3.63) is 66.0 Å². The third kappa shape index (κ3) is 4.24. The van der Waals surface area contributed by atoms with E-state index in [1.54, 1.807) is 11.8 Å². The maximum Gasteiger partial charge on any atom is 0.209 e. The number of hydrogen-bond acceptors (Lipinski definition) is 6. The van der Waals surface area contributed by atoms with Gasteiger partial charge < -0.3 is 9.64 Å². The lowest BCUT2D eigenvalue weighted by molar-refractivity contribution is 0.0534. The highest BCUT2D eigenvalue weighted by molar-refractivity contribution is 7.99. The average molecular weight is 422 g/mol. The Morgan fingerprint density at radius 1 is 1.10 bits per heavy atom. The Morgan fingerprint density at radius 2 is 1.87 bits per heavy atom. The fraction of sp³-hybridized carbons (Fsp3) is 0.391. The minimum absolute atomic E-state index is 0.0522. The molecule has 2 atom stereocenters. The number of rotatable bonds is 7. The summed E-state index contributed by atoms with van der Waals surface area (Å²) in [5, 5.41) is 9.11. The van der Waals surface area contributed by atoms with Gasteiger partial charge >= 0.3 is 0 Å². The van der Waals surface area contributed by atoms with E-state index in [1.807, 2.05) is 37.0 Å². The number of aromatic nitrogens is 3. The number of para-hydroxylation sites is 1. The zero-order valence-electron chi connectivity index (χ0n) is 17.4. The van der Waals surface area contributed by atoms with Crippen LogP contribution in [0.3, 0.4) is 0 Å². The second kappa shape index (κ2) is 8.41. The zero-order valence-corrected chi connectivity index (χ0v) is 18.2. The van der Waals surface area contributed by atoms with E-state index in [2.05, 4.69) is 46.6 Å². The lowest BCUT2D eigenvalue weighted by atomic mass is 10.2. The number of nitrogens with zero attached hydrogens (tertiary/aromatic N) is 4. The van der Waals surface area contributed by atoms with Crippen molar-refractivity contribution in [2.75, 3.05) is 31.3 Å². The Morgan fingerprint density at radius 3 is 2.57 bits per heavy atom. The van der Waals surface area contributed by atoms with E-state index < -0.39 is 0 Å². The maximum atomic E-state index is 6.24. The first-order valence-corrected chi connectivity index (χ1v) is 11.5. The first-order chi connectivity index (χ1) is 14.7. The van der Waals surface area contributed by atoms with Crippen molar-refractivity contribution < 1.29 is 4.74 Å². The van der Waals surface area contributed by atoms with Gasteiger partial charge in [-0.05, 0) is 42.7 Å². The molecule has 2 fully saturated rings. The number of nitrogens with one attached hydrogen (secondary N) is 1. The fourth-order valence-corrected chi connectivity index (χ4v) is 4.50. The van der Waals surface area contributed by atoms with Gasteiger partial charge in [0.2, 0.25) is 5.16 Å². The molecular weight excluding hydrogens is 394 g/mol. The largest absolute Gasteiger partial charge is 0.378 e. The van der Waals surface area contributed by atoms with Crippen LogP contribution in [0.2, 0.25) is 0 Å². The zero-order chi connectivity index (χ0) is 20.5. The second-order valence-corrected chi connectivity index (χ2v) is 9.10. The Hall–Kier alpha value is -2.35. The molecule has 7 heteroatoms. The van der Waals surface area contributed by atoms with Crippen molar-refractivity contribution in [1.82, 2.24) is 20.1 Å². The van der Waals surface area contributed by atoms with Crippen LogP contribution in [0.25, 0.3) is 5.69 Å². The van der Waals surface area contributed by atoms with Crippen LogP contribution in [0.4, 0.5) is 5.69 Å². The van der Waals surface area contributed by atoms with E-state index in [0.717, 1.165) is 34.5 Å². The van der Waals surface area contributed by atoms with Crippen LogP contribution in [0.5, 0.6) is 0 Å². The van der Waals surface area contributed by atoms with Crippen LogP contribution in [0.1, 0.15) is 36.4 Å². The minimum atomic E-state index is -0.0522. The fourth-order valence-electron chi connectivity index (χ4n) is 3.67. The van der Waals surface area contributed by atoms with Crippen molar-refractivity contribution in [3.8, 4) is 5.69 Å². The van der Waals surface area contributed by atoms with Crippen molar-refractivity contribution in [2.24, 2.45) is 0 Å². The SMILES string of the molecule is CN(C)c1ccc([C@@H]2NC[C@@H](CSc3nc(C4CC4)n(-c4ccccc4)n3)O2)cc1. The van der Waals surface area contributed by atoms with E-state index in [-0.39, 0.29) is 12.3 Å². The predicted octanol–water partition coefficient (Wildman–Crippen LogP) is 3.99. The van der Waals surface area contributed by atoms with Gasteiger partial charge in [0.15, 0.2) is 0 Å². The summed E-state index contributed by atoms with van der Waals surface area (Å²) in [5.41, 5.74) is 3.43. The molecule has 0 radical (unpaired) electrons. The van der Waals surface area contributed by atoms with Gasteiger partial charge in [0.25, 0.3) is 0 Å². The minimum Gasteiger partial charge on any atom is -0.378 e. The van der Waals surface area contributed by atoms with Gasteiger partial charge in [-0.15, -0.1) is 5.10 Å². The van der Waals surface area contributed by atoms with E-state index in [9.17, 15) is 0 Å². The molecular formula is C23H27N5OS. The second-order valence-electron chi connectivity index (χ2n) is 8.12. The van der Waals surface area contributed by atoms with E-state index in [4.69, 9.17) is 14.8 Å². The first kappa shape index (κ1) is 19.6. The molecule has 156 valence electrons. The van der Waals surface area contributed by atoms with E-state index in [0.29, 0.717) is 5.92 Å². The van der Waals surface area contributed by atoms with Gasteiger partial charge in [-0.1, -0.05) is 42.1 Å². The molecule has 3 aromatic rings. The number of ether oxygens (including phenoxy) is 1. The highest BCUT2D eigenvalue weighted by Crippen LogP contribution is 2.40. The van der Waals surface area contributed by atoms with Crippen LogP contribution >= 0.6 is 11.8 Å². The van der Waals surface area contributed by atoms with Crippen LogP contribution in [-0.2, 0) is 4.74 Å². The normalized spacial score (nSPS) is 21.1. The van der Waals surface area contributed by atoms with Gasteiger partial charge in [-0.25, -0.2) is 9.67 Å². The number of anilines is 1. The topological polar surface area (TPSA) is 55.2 Å². The lowest BCUT2D eigenvalue weighted by Crippen LogP contribution is -2.17. The molecule has 1 aliphatic carbocycles. The van der Waals surface area contributed by atoms with Crippen LogP contribution in [-0.4, -0.2) is 47.3 Å². The van der Waals surface area contributed by atoms with Crippen LogP contribution in [0.15, 0.2) is 59.8 Å². The summed E-state index contributed by atoms with van der Waals surface area (Å²) in [6.45, 7) is 0.835. The Labute approximate surface area is 181 Å². The summed E-state index contributed by atoms with van der Waals surface area (Å²) in [4.78, 5) is 6.95. The van der Waals surface area contributed by atoms with Gasteiger partial charge in [-0.2, -0.15) is 0 Å². The van der Waals surface area contributed by atoms with Crippen molar-refractivity contribution >= 4 is 17.4 Å². The Kier molecular flexibility index (Phi) is 5.50. The Balaban J connectivity index is 1.22. The quantitative estimate of drug-likeness (QED) is 0.582. The molecule has 6 nitrogen and oxygen atoms in total. The highest BCUT2D eigenvalue weighted by Gasteiger charge is 2.31. The molecule has 2 aromatic carbocycles. The van der Waals surface area contributed by atoms with E-state index in [1.165, 1.54) is 18.5 Å².